The summed E-state index contributed by atoms with van der Waals surface area (Å²) in [6.07, 6.45) is 3.26. The van der Waals surface area contributed by atoms with E-state index in [0.29, 0.717) is 5.92 Å². The molecule has 0 N–H and O–H groups in total. The van der Waals surface area contributed by atoms with E-state index < -0.39 is 0 Å². The van der Waals surface area contributed by atoms with Crippen molar-refractivity contribution in [2.45, 2.75) is 44.3 Å². The van der Waals surface area contributed by atoms with Crippen LogP contribution in [0, 0.1) is 5.82 Å². The van der Waals surface area contributed by atoms with Crippen LogP contribution in [-0.2, 0) is 11.2 Å². The van der Waals surface area contributed by atoms with Gasteiger partial charge in [-0.05, 0) is 66.7 Å². The van der Waals surface area contributed by atoms with E-state index in [4.69, 9.17) is 4.74 Å². The Hall–Kier alpha value is -0.980. The molecule has 2 aromatic carbocycles. The van der Waals surface area contributed by atoms with Crippen molar-refractivity contribution in [3.63, 3.8) is 0 Å². The second-order valence-corrected chi connectivity index (χ2v) is 8.75. The molecule has 144 valence electrons. The van der Waals surface area contributed by atoms with E-state index in [2.05, 4.69) is 58.7 Å². The lowest BCUT2D eigenvalue weighted by molar-refractivity contribution is 0.0200. The van der Waals surface area contributed by atoms with Gasteiger partial charge in [-0.2, -0.15) is 0 Å². The molecule has 3 atom stereocenters. The molecule has 0 bridgehead atoms. The highest BCUT2D eigenvalue weighted by atomic mass is 127. The van der Waals surface area contributed by atoms with Gasteiger partial charge in [0.15, 0.2) is 0 Å². The quantitative estimate of drug-likeness (QED) is 0.402. The van der Waals surface area contributed by atoms with Crippen molar-refractivity contribution < 1.29 is 9.13 Å². The molecular weight excluding hydrogens is 452 g/mol. The maximum Gasteiger partial charge on any atom is 0.123 e. The van der Waals surface area contributed by atoms with E-state index in [9.17, 15) is 4.39 Å². The van der Waals surface area contributed by atoms with E-state index in [1.807, 2.05) is 6.07 Å². The van der Waals surface area contributed by atoms with Gasteiger partial charge in [-0.1, -0.05) is 59.8 Å². The lowest BCUT2D eigenvalue weighted by atomic mass is 9.87. The minimum absolute atomic E-state index is 0.0346. The van der Waals surface area contributed by atoms with Gasteiger partial charge in [-0.25, -0.2) is 4.39 Å². The van der Waals surface area contributed by atoms with E-state index >= 15 is 0 Å². The Bertz CT molecular complexity index is 796. The van der Waals surface area contributed by atoms with Gasteiger partial charge in [0.25, 0.3) is 0 Å². The predicted octanol–water partition coefficient (Wildman–Crippen LogP) is 5.49. The summed E-state index contributed by atoms with van der Waals surface area (Å²) in [5.74, 6) is 0.153. The third kappa shape index (κ3) is 4.08. The van der Waals surface area contributed by atoms with Gasteiger partial charge >= 0.3 is 0 Å². The molecule has 2 nitrogen and oxygen atoms in total. The molecule has 1 fully saturated rings. The molecule has 2 aliphatic rings. The second-order valence-electron chi connectivity index (χ2n) is 7.68. The first-order valence-corrected chi connectivity index (χ1v) is 11.5. The third-order valence-corrected chi connectivity index (χ3v) is 6.75. The molecule has 1 heterocycles. The fourth-order valence-electron chi connectivity index (χ4n) is 4.67. The van der Waals surface area contributed by atoms with Crippen LogP contribution in [0.3, 0.4) is 0 Å². The summed E-state index contributed by atoms with van der Waals surface area (Å²) >= 11 is 2.44. The maximum absolute atomic E-state index is 14.0. The Labute approximate surface area is 175 Å². The number of likely N-dealkylation sites (N-methyl/N-ethyl adjacent to an activating group) is 1. The monoisotopic (exact) mass is 479 g/mol. The highest BCUT2D eigenvalue weighted by Crippen LogP contribution is 2.49. The van der Waals surface area contributed by atoms with Crippen LogP contribution in [0.4, 0.5) is 4.39 Å². The summed E-state index contributed by atoms with van der Waals surface area (Å²) < 4.78 is 21.8. The van der Waals surface area contributed by atoms with Gasteiger partial charge in [0.05, 0.1) is 12.2 Å². The molecule has 0 radical (unpaired) electrons. The number of fused-ring (bicyclic) bond motifs is 5. The maximum atomic E-state index is 14.0. The summed E-state index contributed by atoms with van der Waals surface area (Å²) in [5.41, 5.74) is 5.00. The van der Waals surface area contributed by atoms with Crippen molar-refractivity contribution in [3.05, 3.63) is 70.5 Å². The van der Waals surface area contributed by atoms with Crippen LogP contribution in [0.1, 0.15) is 54.0 Å². The van der Waals surface area contributed by atoms with Crippen LogP contribution < -0.4 is 0 Å². The van der Waals surface area contributed by atoms with Gasteiger partial charge in [0.1, 0.15) is 5.82 Å². The zero-order chi connectivity index (χ0) is 18.8. The molecule has 1 aliphatic carbocycles. The molecule has 1 aliphatic heterocycles. The van der Waals surface area contributed by atoms with Crippen molar-refractivity contribution in [2.24, 2.45) is 0 Å². The lowest BCUT2D eigenvalue weighted by Crippen LogP contribution is -2.33. The largest absolute Gasteiger partial charge is 0.368 e. The van der Waals surface area contributed by atoms with Crippen LogP contribution in [0.2, 0.25) is 0 Å². The molecule has 0 amide bonds. The molecule has 4 heteroatoms. The van der Waals surface area contributed by atoms with Crippen LogP contribution in [0.5, 0.6) is 0 Å². The van der Waals surface area contributed by atoms with Gasteiger partial charge in [-0.3, -0.25) is 0 Å². The summed E-state index contributed by atoms with van der Waals surface area (Å²) in [6, 6.07) is 13.9. The molecule has 3 unspecified atom stereocenters. The van der Waals surface area contributed by atoms with Gasteiger partial charge in [0, 0.05) is 16.9 Å². The standard InChI is InChI=1S/C23H27FINO/c1-2-26(11-5-10-25)15-19-14-22-20-7-4-3-6-16(20)12-17-8-9-18(24)13-21(17)23(22)27-19/h3-4,6-9,13,19,22-23H,2,5,10-12,14-15H2,1H3. The molecule has 2 aromatic rings. The topological polar surface area (TPSA) is 12.5 Å². The first-order valence-electron chi connectivity index (χ1n) is 9.99. The number of nitrogens with zero attached hydrogens (tertiary/aromatic N) is 1. The number of ether oxygens (including phenoxy) is 1. The SMILES string of the molecule is CCN(CCCI)CC1CC2c3ccccc3Cc3ccc(F)cc3C2O1. The van der Waals surface area contributed by atoms with Crippen molar-refractivity contribution in [2.75, 3.05) is 24.1 Å². The number of benzene rings is 2. The average Bonchev–Trinajstić information content (AvgIpc) is 3.05. The van der Waals surface area contributed by atoms with Crippen molar-refractivity contribution in [1.29, 1.82) is 0 Å². The first-order chi connectivity index (χ1) is 13.2. The van der Waals surface area contributed by atoms with Crippen LogP contribution >= 0.6 is 22.6 Å². The van der Waals surface area contributed by atoms with Crippen molar-refractivity contribution in [3.8, 4) is 0 Å². The molecule has 4 rings (SSSR count). The van der Waals surface area contributed by atoms with Crippen LogP contribution in [0.25, 0.3) is 0 Å². The number of halogens is 2. The Morgan fingerprint density at radius 3 is 2.78 bits per heavy atom. The van der Waals surface area contributed by atoms with Gasteiger partial charge in [0.2, 0.25) is 0 Å². The Morgan fingerprint density at radius 2 is 1.96 bits per heavy atom. The molecule has 27 heavy (non-hydrogen) atoms. The number of rotatable bonds is 6. The molecular formula is C23H27FINO. The fourth-order valence-corrected chi connectivity index (χ4v) is 5.01. The molecule has 0 saturated carbocycles. The van der Waals surface area contributed by atoms with E-state index in [0.717, 1.165) is 38.0 Å². The van der Waals surface area contributed by atoms with Crippen LogP contribution in [0.15, 0.2) is 42.5 Å². The average molecular weight is 479 g/mol. The zero-order valence-electron chi connectivity index (χ0n) is 15.8. The van der Waals surface area contributed by atoms with Crippen molar-refractivity contribution >= 4 is 22.6 Å². The summed E-state index contributed by atoms with van der Waals surface area (Å²) in [6.45, 7) is 5.36. The normalized spacial score (nSPS) is 23.6. The highest BCUT2D eigenvalue weighted by Gasteiger charge is 2.41. The summed E-state index contributed by atoms with van der Waals surface area (Å²) in [4.78, 5) is 2.49. The minimum atomic E-state index is -0.164. The fraction of sp³-hybridized carbons (Fsp3) is 0.478. The smallest absolute Gasteiger partial charge is 0.123 e. The Balaban J connectivity index is 1.64. The van der Waals surface area contributed by atoms with E-state index in [1.165, 1.54) is 27.5 Å². The molecule has 0 aromatic heterocycles. The molecule has 1 saturated heterocycles. The summed E-state index contributed by atoms with van der Waals surface area (Å²) in [7, 11) is 0. The Kier molecular flexibility index (Phi) is 6.15. The van der Waals surface area contributed by atoms with Gasteiger partial charge < -0.3 is 9.64 Å². The second kappa shape index (κ2) is 8.58. The lowest BCUT2D eigenvalue weighted by Gasteiger charge is -2.24. The molecule has 0 spiro atoms. The van der Waals surface area contributed by atoms with Crippen LogP contribution in [-0.4, -0.2) is 35.1 Å². The number of hydrogen-bond acceptors (Lipinski definition) is 2. The zero-order valence-corrected chi connectivity index (χ0v) is 18.0. The van der Waals surface area contributed by atoms with E-state index in [-0.39, 0.29) is 18.0 Å². The first kappa shape index (κ1) is 19.3. The third-order valence-electron chi connectivity index (χ3n) is 5.99. The summed E-state index contributed by atoms with van der Waals surface area (Å²) in [5, 5.41) is 0. The number of hydrogen-bond donors (Lipinski definition) is 0. The Morgan fingerprint density at radius 1 is 1.15 bits per heavy atom. The number of alkyl halides is 1. The van der Waals surface area contributed by atoms with Crippen molar-refractivity contribution in [1.82, 2.24) is 4.90 Å². The van der Waals surface area contributed by atoms with Gasteiger partial charge in [-0.15, -0.1) is 0 Å². The highest BCUT2D eigenvalue weighted by molar-refractivity contribution is 14.1. The minimum Gasteiger partial charge on any atom is -0.368 e. The van der Waals surface area contributed by atoms with E-state index in [1.54, 1.807) is 12.1 Å². The predicted molar refractivity (Wildman–Crippen MR) is 116 cm³/mol.